The fourth-order valence-corrected chi connectivity index (χ4v) is 1.40. The highest BCUT2D eigenvalue weighted by molar-refractivity contribution is 5.53. The Morgan fingerprint density at radius 3 is 2.75 bits per heavy atom. The molecular formula is C11H21N5. The molecule has 0 aromatic carbocycles. The van der Waals surface area contributed by atoms with Crippen LogP contribution in [0.3, 0.4) is 0 Å². The molecule has 0 fully saturated rings. The number of nitrogens with zero attached hydrogens (tertiary/aromatic N) is 3. The minimum Gasteiger partial charge on any atom is -0.383 e. The van der Waals surface area contributed by atoms with E-state index in [-0.39, 0.29) is 0 Å². The van der Waals surface area contributed by atoms with Crippen LogP contribution in [0.15, 0.2) is 6.33 Å². The Kier molecular flexibility index (Phi) is 4.98. The Morgan fingerprint density at radius 1 is 1.31 bits per heavy atom. The maximum atomic E-state index is 5.69. The van der Waals surface area contributed by atoms with E-state index < -0.39 is 0 Å². The quantitative estimate of drug-likeness (QED) is 0.707. The van der Waals surface area contributed by atoms with Gasteiger partial charge in [0.25, 0.3) is 0 Å². The number of hydrogen-bond acceptors (Lipinski definition) is 5. The molecule has 90 valence electrons. The SMILES string of the molecule is Cc1c(N)ncnc1NCCCCN(C)C. The first-order valence-corrected chi connectivity index (χ1v) is 5.57. The van der Waals surface area contributed by atoms with Crippen LogP contribution < -0.4 is 11.1 Å². The van der Waals surface area contributed by atoms with Crippen LogP contribution in [0.5, 0.6) is 0 Å². The van der Waals surface area contributed by atoms with E-state index >= 15 is 0 Å². The number of unbranched alkanes of at least 4 members (excludes halogenated alkanes) is 1. The van der Waals surface area contributed by atoms with Gasteiger partial charge in [0.15, 0.2) is 0 Å². The fraction of sp³-hybridized carbons (Fsp3) is 0.636. The molecule has 1 aromatic rings. The molecule has 0 saturated carbocycles. The number of nitrogens with one attached hydrogen (secondary N) is 1. The Bertz CT molecular complexity index is 324. The Labute approximate surface area is 97.1 Å². The number of aromatic nitrogens is 2. The van der Waals surface area contributed by atoms with Gasteiger partial charge in [0.2, 0.25) is 0 Å². The van der Waals surface area contributed by atoms with Gasteiger partial charge in [-0.2, -0.15) is 0 Å². The Morgan fingerprint density at radius 2 is 2.06 bits per heavy atom. The molecule has 0 radical (unpaired) electrons. The lowest BCUT2D eigenvalue weighted by Gasteiger charge is -2.11. The van der Waals surface area contributed by atoms with Crippen LogP contribution in [0.25, 0.3) is 0 Å². The number of nitrogens with two attached hydrogens (primary N) is 1. The van der Waals surface area contributed by atoms with Gasteiger partial charge in [-0.25, -0.2) is 9.97 Å². The monoisotopic (exact) mass is 223 g/mol. The molecule has 0 atom stereocenters. The Hall–Kier alpha value is -1.36. The van der Waals surface area contributed by atoms with Crippen LogP contribution >= 0.6 is 0 Å². The summed E-state index contributed by atoms with van der Waals surface area (Å²) in [6.45, 7) is 3.97. The first kappa shape index (κ1) is 12.7. The molecule has 0 bridgehead atoms. The summed E-state index contributed by atoms with van der Waals surface area (Å²) in [6.07, 6.45) is 3.80. The van der Waals surface area contributed by atoms with Crippen molar-refractivity contribution in [1.29, 1.82) is 0 Å². The molecule has 5 heteroatoms. The molecule has 5 nitrogen and oxygen atoms in total. The second kappa shape index (κ2) is 6.27. The van der Waals surface area contributed by atoms with Crippen molar-refractivity contribution in [1.82, 2.24) is 14.9 Å². The van der Waals surface area contributed by atoms with E-state index in [0.29, 0.717) is 5.82 Å². The molecule has 3 N–H and O–H groups in total. The number of hydrogen-bond donors (Lipinski definition) is 2. The molecule has 1 rings (SSSR count). The third-order valence-corrected chi connectivity index (χ3v) is 2.45. The molecule has 0 aliphatic rings. The zero-order valence-electron chi connectivity index (χ0n) is 10.3. The highest BCUT2D eigenvalue weighted by atomic mass is 15.1. The summed E-state index contributed by atoms with van der Waals surface area (Å²) in [5, 5.41) is 3.28. The molecule has 0 amide bonds. The van der Waals surface area contributed by atoms with Gasteiger partial charge in [-0.1, -0.05) is 0 Å². The smallest absolute Gasteiger partial charge is 0.134 e. The van der Waals surface area contributed by atoms with Crippen molar-refractivity contribution < 1.29 is 0 Å². The highest BCUT2D eigenvalue weighted by Gasteiger charge is 2.02. The molecule has 0 saturated heterocycles. The van der Waals surface area contributed by atoms with Crippen molar-refractivity contribution >= 4 is 11.6 Å². The van der Waals surface area contributed by atoms with Crippen LogP contribution in [0, 0.1) is 6.92 Å². The molecule has 1 heterocycles. The van der Waals surface area contributed by atoms with Gasteiger partial charge in [0, 0.05) is 12.1 Å². The summed E-state index contributed by atoms with van der Waals surface area (Å²) < 4.78 is 0. The molecule has 0 unspecified atom stereocenters. The van der Waals surface area contributed by atoms with Crippen molar-refractivity contribution in [3.8, 4) is 0 Å². The minimum atomic E-state index is 0.547. The van der Waals surface area contributed by atoms with Crippen LogP contribution in [0.2, 0.25) is 0 Å². The number of nitrogen functional groups attached to an aromatic ring is 1. The zero-order valence-corrected chi connectivity index (χ0v) is 10.3. The van der Waals surface area contributed by atoms with Crippen molar-refractivity contribution in [2.75, 3.05) is 38.2 Å². The van der Waals surface area contributed by atoms with E-state index in [9.17, 15) is 0 Å². The van der Waals surface area contributed by atoms with E-state index in [1.807, 2.05) is 6.92 Å². The summed E-state index contributed by atoms with van der Waals surface area (Å²) >= 11 is 0. The lowest BCUT2D eigenvalue weighted by molar-refractivity contribution is 0.396. The van der Waals surface area contributed by atoms with Crippen molar-refractivity contribution in [3.05, 3.63) is 11.9 Å². The molecule has 1 aromatic heterocycles. The van der Waals surface area contributed by atoms with Crippen LogP contribution in [-0.2, 0) is 0 Å². The van der Waals surface area contributed by atoms with Crippen LogP contribution in [0.1, 0.15) is 18.4 Å². The van der Waals surface area contributed by atoms with Gasteiger partial charge in [-0.15, -0.1) is 0 Å². The Balaban J connectivity index is 2.29. The topological polar surface area (TPSA) is 67.1 Å². The fourth-order valence-electron chi connectivity index (χ4n) is 1.40. The second-order valence-electron chi connectivity index (χ2n) is 4.17. The predicted octanol–water partition coefficient (Wildman–Crippen LogP) is 1.12. The third-order valence-electron chi connectivity index (χ3n) is 2.45. The van der Waals surface area contributed by atoms with Crippen molar-refractivity contribution in [3.63, 3.8) is 0 Å². The number of rotatable bonds is 6. The van der Waals surface area contributed by atoms with E-state index in [4.69, 9.17) is 5.73 Å². The molecule has 0 aliphatic heterocycles. The van der Waals surface area contributed by atoms with E-state index in [1.54, 1.807) is 0 Å². The van der Waals surface area contributed by atoms with Crippen molar-refractivity contribution in [2.45, 2.75) is 19.8 Å². The summed E-state index contributed by atoms with van der Waals surface area (Å²) in [4.78, 5) is 10.3. The normalized spacial score (nSPS) is 10.8. The lowest BCUT2D eigenvalue weighted by atomic mass is 10.2. The van der Waals surface area contributed by atoms with Crippen LogP contribution in [0.4, 0.5) is 11.6 Å². The molecule has 16 heavy (non-hydrogen) atoms. The van der Waals surface area contributed by atoms with Gasteiger partial charge >= 0.3 is 0 Å². The van der Waals surface area contributed by atoms with E-state index in [1.165, 1.54) is 12.7 Å². The maximum Gasteiger partial charge on any atom is 0.134 e. The summed E-state index contributed by atoms with van der Waals surface area (Å²) in [5.74, 6) is 1.39. The second-order valence-corrected chi connectivity index (χ2v) is 4.17. The highest BCUT2D eigenvalue weighted by Crippen LogP contribution is 2.14. The molecule has 0 spiro atoms. The van der Waals surface area contributed by atoms with Crippen molar-refractivity contribution in [2.24, 2.45) is 0 Å². The summed E-state index contributed by atoms with van der Waals surface area (Å²) in [6, 6.07) is 0. The molecule has 0 aliphatic carbocycles. The van der Waals surface area contributed by atoms with Gasteiger partial charge in [-0.3, -0.25) is 0 Å². The average Bonchev–Trinajstić information content (AvgIpc) is 2.23. The standard InChI is InChI=1S/C11H21N5/c1-9-10(12)14-8-15-11(9)13-6-4-5-7-16(2)3/h8H,4-7H2,1-3H3,(H3,12,13,14,15). The zero-order chi connectivity index (χ0) is 12.0. The van der Waals surface area contributed by atoms with Gasteiger partial charge in [-0.05, 0) is 40.4 Å². The van der Waals surface area contributed by atoms with Gasteiger partial charge in [0.1, 0.15) is 18.0 Å². The lowest BCUT2D eigenvalue weighted by Crippen LogP contribution is -2.14. The maximum absolute atomic E-state index is 5.69. The first-order valence-electron chi connectivity index (χ1n) is 5.57. The van der Waals surface area contributed by atoms with Crippen LogP contribution in [-0.4, -0.2) is 42.1 Å². The van der Waals surface area contributed by atoms with E-state index in [2.05, 4.69) is 34.3 Å². The largest absolute Gasteiger partial charge is 0.383 e. The van der Waals surface area contributed by atoms with Gasteiger partial charge in [0.05, 0.1) is 0 Å². The third kappa shape index (κ3) is 4.02. The predicted molar refractivity (Wildman–Crippen MR) is 67.5 cm³/mol. The summed E-state index contributed by atoms with van der Waals surface area (Å²) in [5.41, 5.74) is 6.62. The minimum absolute atomic E-state index is 0.547. The van der Waals surface area contributed by atoms with Gasteiger partial charge < -0.3 is 16.0 Å². The van der Waals surface area contributed by atoms with E-state index in [0.717, 1.165) is 30.9 Å². The first-order chi connectivity index (χ1) is 7.61. The molecular weight excluding hydrogens is 202 g/mol. The summed E-state index contributed by atoms with van der Waals surface area (Å²) in [7, 11) is 4.17. The average molecular weight is 223 g/mol. The number of anilines is 2.